The second-order valence-corrected chi connectivity index (χ2v) is 9.37. The fourth-order valence-electron chi connectivity index (χ4n) is 3.89. The van der Waals surface area contributed by atoms with Crippen molar-refractivity contribution in [3.8, 4) is 0 Å². The lowest BCUT2D eigenvalue weighted by atomic mass is 10.1. The van der Waals surface area contributed by atoms with Gasteiger partial charge in [-0.2, -0.15) is 0 Å². The SMILES string of the molecule is Cc1ccccc1C(=O)Nc1ccc(N2CCN(CC(=O)NC(C)(C)C)CC2)c(C(=O)O)c1. The average molecular weight is 453 g/mol. The third-order valence-corrected chi connectivity index (χ3v) is 5.47. The number of nitrogens with zero attached hydrogens (tertiary/aromatic N) is 2. The Bertz CT molecular complexity index is 1040. The summed E-state index contributed by atoms with van der Waals surface area (Å²) in [5.74, 6) is -1.35. The molecule has 0 aliphatic carbocycles. The smallest absolute Gasteiger partial charge is 0.337 e. The molecular weight excluding hydrogens is 420 g/mol. The first-order chi connectivity index (χ1) is 15.5. The van der Waals surface area contributed by atoms with Crippen LogP contribution in [0.3, 0.4) is 0 Å². The van der Waals surface area contributed by atoms with Gasteiger partial charge in [0, 0.05) is 43.0 Å². The lowest BCUT2D eigenvalue weighted by Crippen LogP contribution is -2.52. The molecule has 1 heterocycles. The van der Waals surface area contributed by atoms with Crippen LogP contribution in [-0.2, 0) is 4.79 Å². The van der Waals surface area contributed by atoms with E-state index in [1.165, 1.54) is 6.07 Å². The number of benzene rings is 2. The van der Waals surface area contributed by atoms with Gasteiger partial charge in [0.1, 0.15) is 0 Å². The summed E-state index contributed by atoms with van der Waals surface area (Å²) in [6.45, 7) is 10.5. The van der Waals surface area contributed by atoms with Crippen LogP contribution in [0.2, 0.25) is 0 Å². The topological polar surface area (TPSA) is 102 Å². The Morgan fingerprint density at radius 1 is 0.970 bits per heavy atom. The van der Waals surface area contributed by atoms with Crippen molar-refractivity contribution in [2.24, 2.45) is 0 Å². The highest BCUT2D eigenvalue weighted by molar-refractivity contribution is 6.06. The zero-order valence-corrected chi connectivity index (χ0v) is 19.6. The summed E-state index contributed by atoms with van der Waals surface area (Å²) in [5, 5.41) is 15.6. The van der Waals surface area contributed by atoms with Gasteiger partial charge in [-0.1, -0.05) is 18.2 Å². The molecule has 1 aliphatic rings. The van der Waals surface area contributed by atoms with Gasteiger partial charge >= 0.3 is 5.97 Å². The third-order valence-electron chi connectivity index (χ3n) is 5.47. The van der Waals surface area contributed by atoms with Crippen LogP contribution in [-0.4, -0.2) is 66.1 Å². The highest BCUT2D eigenvalue weighted by atomic mass is 16.4. The fraction of sp³-hybridized carbons (Fsp3) is 0.400. The van der Waals surface area contributed by atoms with Crippen molar-refractivity contribution in [1.29, 1.82) is 0 Å². The molecule has 1 fully saturated rings. The van der Waals surface area contributed by atoms with Crippen molar-refractivity contribution in [3.05, 3.63) is 59.2 Å². The quantitative estimate of drug-likeness (QED) is 0.623. The number of piperazine rings is 1. The van der Waals surface area contributed by atoms with E-state index in [0.717, 1.165) is 5.56 Å². The van der Waals surface area contributed by atoms with Crippen LogP contribution in [0.4, 0.5) is 11.4 Å². The lowest BCUT2D eigenvalue weighted by molar-refractivity contribution is -0.123. The van der Waals surface area contributed by atoms with Crippen molar-refractivity contribution in [2.45, 2.75) is 33.2 Å². The van der Waals surface area contributed by atoms with Crippen LogP contribution in [0.5, 0.6) is 0 Å². The van der Waals surface area contributed by atoms with Gasteiger partial charge in [-0.15, -0.1) is 0 Å². The molecule has 2 aromatic rings. The molecule has 8 nitrogen and oxygen atoms in total. The molecule has 3 N–H and O–H groups in total. The van der Waals surface area contributed by atoms with E-state index in [1.807, 2.05) is 44.7 Å². The van der Waals surface area contributed by atoms with Crippen molar-refractivity contribution < 1.29 is 19.5 Å². The molecular formula is C25H32N4O4. The van der Waals surface area contributed by atoms with Gasteiger partial charge in [0.2, 0.25) is 5.91 Å². The van der Waals surface area contributed by atoms with Gasteiger partial charge in [-0.05, 0) is 57.5 Å². The third kappa shape index (κ3) is 6.55. The number of hydrogen-bond acceptors (Lipinski definition) is 5. The highest BCUT2D eigenvalue weighted by Crippen LogP contribution is 2.26. The molecule has 0 radical (unpaired) electrons. The number of hydrogen-bond donors (Lipinski definition) is 3. The van der Waals surface area contributed by atoms with E-state index in [-0.39, 0.29) is 22.9 Å². The van der Waals surface area contributed by atoms with E-state index in [9.17, 15) is 19.5 Å². The number of carbonyl (C=O) groups excluding carboxylic acids is 2. The maximum absolute atomic E-state index is 12.6. The Kier molecular flexibility index (Phi) is 7.38. The lowest BCUT2D eigenvalue weighted by Gasteiger charge is -2.36. The van der Waals surface area contributed by atoms with Crippen LogP contribution in [0.1, 0.15) is 47.1 Å². The minimum absolute atomic E-state index is 0.0177. The van der Waals surface area contributed by atoms with Gasteiger partial charge in [-0.3, -0.25) is 14.5 Å². The minimum atomic E-state index is -1.05. The van der Waals surface area contributed by atoms with E-state index in [2.05, 4.69) is 15.5 Å². The number of aryl methyl sites for hydroxylation is 1. The monoisotopic (exact) mass is 452 g/mol. The number of carbonyl (C=O) groups is 3. The zero-order chi connectivity index (χ0) is 24.2. The molecule has 0 aromatic heterocycles. The molecule has 0 unspecified atom stereocenters. The first-order valence-corrected chi connectivity index (χ1v) is 11.1. The number of carboxylic acid groups (broad SMARTS) is 1. The maximum Gasteiger partial charge on any atom is 0.337 e. The van der Waals surface area contributed by atoms with Crippen LogP contribution in [0.15, 0.2) is 42.5 Å². The summed E-state index contributed by atoms with van der Waals surface area (Å²) in [6.07, 6.45) is 0. The molecule has 0 bridgehead atoms. The molecule has 1 saturated heterocycles. The molecule has 33 heavy (non-hydrogen) atoms. The van der Waals surface area contributed by atoms with Gasteiger partial charge < -0.3 is 20.6 Å². The Labute approximate surface area is 194 Å². The van der Waals surface area contributed by atoms with Crippen LogP contribution in [0.25, 0.3) is 0 Å². The minimum Gasteiger partial charge on any atom is -0.478 e. The molecule has 0 saturated carbocycles. The maximum atomic E-state index is 12.6. The molecule has 176 valence electrons. The van der Waals surface area contributed by atoms with Crippen LogP contribution in [0, 0.1) is 6.92 Å². The van der Waals surface area contributed by atoms with E-state index in [0.29, 0.717) is 49.7 Å². The van der Waals surface area contributed by atoms with Gasteiger partial charge in [-0.25, -0.2) is 4.79 Å². The van der Waals surface area contributed by atoms with Crippen LogP contribution < -0.4 is 15.5 Å². The Morgan fingerprint density at radius 2 is 1.64 bits per heavy atom. The first kappa shape index (κ1) is 24.3. The first-order valence-electron chi connectivity index (χ1n) is 11.1. The van der Waals surface area contributed by atoms with Gasteiger partial charge in [0.05, 0.1) is 17.8 Å². The Hall–Kier alpha value is -3.39. The molecule has 0 atom stereocenters. The number of amides is 2. The summed E-state index contributed by atoms with van der Waals surface area (Å²) in [5.41, 5.74) is 2.30. The largest absolute Gasteiger partial charge is 0.478 e. The highest BCUT2D eigenvalue weighted by Gasteiger charge is 2.24. The van der Waals surface area contributed by atoms with E-state index >= 15 is 0 Å². The summed E-state index contributed by atoms with van der Waals surface area (Å²) >= 11 is 0. The second kappa shape index (κ2) is 10.0. The second-order valence-electron chi connectivity index (χ2n) is 9.37. The number of aromatic carboxylic acids is 1. The predicted molar refractivity (Wildman–Crippen MR) is 129 cm³/mol. The summed E-state index contributed by atoms with van der Waals surface area (Å²) in [7, 11) is 0. The van der Waals surface area contributed by atoms with Gasteiger partial charge in [0.25, 0.3) is 5.91 Å². The zero-order valence-electron chi connectivity index (χ0n) is 19.6. The molecule has 8 heteroatoms. The van der Waals surface area contributed by atoms with Crippen molar-refractivity contribution in [3.63, 3.8) is 0 Å². The average Bonchev–Trinajstić information content (AvgIpc) is 2.73. The van der Waals surface area contributed by atoms with Crippen molar-refractivity contribution in [2.75, 3.05) is 42.9 Å². The molecule has 1 aliphatic heterocycles. The molecule has 2 aromatic carbocycles. The normalized spacial score (nSPS) is 14.6. The van der Waals surface area contributed by atoms with Crippen molar-refractivity contribution in [1.82, 2.24) is 10.2 Å². The fourth-order valence-corrected chi connectivity index (χ4v) is 3.89. The summed E-state index contributed by atoms with van der Waals surface area (Å²) in [4.78, 5) is 40.8. The van der Waals surface area contributed by atoms with Crippen LogP contribution >= 0.6 is 0 Å². The summed E-state index contributed by atoms with van der Waals surface area (Å²) in [6, 6.07) is 12.2. The standard InChI is InChI=1S/C25H32N4O4/c1-17-7-5-6-8-19(17)23(31)26-18-9-10-21(20(15-18)24(32)33)29-13-11-28(12-14-29)16-22(30)27-25(2,3)4/h5-10,15H,11-14,16H2,1-4H3,(H,26,31)(H,27,30)(H,32,33). The number of rotatable bonds is 6. The molecule has 3 rings (SSSR count). The molecule has 2 amide bonds. The summed E-state index contributed by atoms with van der Waals surface area (Å²) < 4.78 is 0. The van der Waals surface area contributed by atoms with E-state index < -0.39 is 5.97 Å². The number of nitrogens with one attached hydrogen (secondary N) is 2. The Morgan fingerprint density at radius 3 is 2.24 bits per heavy atom. The van der Waals surface area contributed by atoms with E-state index in [1.54, 1.807) is 24.3 Å². The number of carboxylic acids is 1. The van der Waals surface area contributed by atoms with Crippen molar-refractivity contribution >= 4 is 29.2 Å². The number of anilines is 2. The van der Waals surface area contributed by atoms with Gasteiger partial charge in [0.15, 0.2) is 0 Å². The Balaban J connectivity index is 1.67. The molecule has 0 spiro atoms. The predicted octanol–water partition coefficient (Wildman–Crippen LogP) is 2.98. The van der Waals surface area contributed by atoms with E-state index in [4.69, 9.17) is 0 Å².